The van der Waals surface area contributed by atoms with E-state index in [1.165, 1.54) is 38.5 Å². The van der Waals surface area contributed by atoms with Gasteiger partial charge in [-0.3, -0.25) is 0 Å². The Morgan fingerprint density at radius 2 is 1.43 bits per heavy atom. The van der Waals surface area contributed by atoms with E-state index < -0.39 is 0 Å². The fourth-order valence-corrected chi connectivity index (χ4v) is 3.50. The number of hydrogen-bond donors (Lipinski definition) is 0. The molecule has 0 aliphatic carbocycles. The largest absolute Gasteiger partial charge is 0.489 e. The first-order valence-electron chi connectivity index (χ1n) is 11.8. The van der Waals surface area contributed by atoms with Crippen LogP contribution in [0.25, 0.3) is 11.5 Å². The lowest BCUT2D eigenvalue weighted by Crippen LogP contribution is -2.14. The average molecular weight is 417 g/mol. The highest BCUT2D eigenvalue weighted by Gasteiger charge is 2.16. The lowest BCUT2D eigenvalue weighted by Gasteiger charge is -2.20. The van der Waals surface area contributed by atoms with Gasteiger partial charge < -0.3 is 13.9 Å². The third-order valence-electron chi connectivity index (χ3n) is 5.75. The van der Waals surface area contributed by atoms with Crippen LogP contribution in [0.5, 0.6) is 11.5 Å². The van der Waals surface area contributed by atoms with Crippen molar-refractivity contribution in [3.8, 4) is 23.0 Å². The number of rotatable bonds is 15. The molecule has 1 heterocycles. The predicted octanol–water partition coefficient (Wildman–Crippen LogP) is 7.24. The van der Waals surface area contributed by atoms with Crippen molar-refractivity contribution in [2.75, 3.05) is 13.2 Å². The first kappa shape index (κ1) is 24.2. The molecule has 0 N–H and O–H groups in total. The van der Waals surface area contributed by atoms with Crippen LogP contribution >= 0.6 is 0 Å². The zero-order valence-electron chi connectivity index (χ0n) is 19.6. The molecular formula is C25H40N2O3. The van der Waals surface area contributed by atoms with Crippen LogP contribution < -0.4 is 9.47 Å². The monoisotopic (exact) mass is 416 g/mol. The summed E-state index contributed by atoms with van der Waals surface area (Å²) < 4.78 is 18.1. The minimum Gasteiger partial charge on any atom is -0.489 e. The highest BCUT2D eigenvalue weighted by molar-refractivity contribution is 5.59. The smallest absolute Gasteiger partial charge is 0.247 e. The normalized spacial score (nSPS) is 13.2. The van der Waals surface area contributed by atoms with E-state index >= 15 is 0 Å². The number of hydrogen-bond acceptors (Lipinski definition) is 5. The highest BCUT2D eigenvalue weighted by Crippen LogP contribution is 2.34. The maximum absolute atomic E-state index is 6.29. The highest BCUT2D eigenvalue weighted by atomic mass is 16.5. The van der Waals surface area contributed by atoms with E-state index in [0.717, 1.165) is 36.5 Å². The van der Waals surface area contributed by atoms with Gasteiger partial charge in [0.15, 0.2) is 11.5 Å². The van der Waals surface area contributed by atoms with E-state index in [1.54, 1.807) is 6.92 Å². The van der Waals surface area contributed by atoms with Crippen LogP contribution in [0.1, 0.15) is 85.0 Å². The van der Waals surface area contributed by atoms with Crippen LogP contribution in [0.3, 0.4) is 0 Å². The SMILES string of the molecule is CCCCC(CC)COc1ccc(-c2nnc(C)o2)cc1OCC(CC)CCCC. The molecule has 5 heteroatoms. The molecule has 1 aromatic carbocycles. The predicted molar refractivity (Wildman–Crippen MR) is 122 cm³/mol. The summed E-state index contributed by atoms with van der Waals surface area (Å²) in [6, 6.07) is 5.92. The number of benzene rings is 1. The second kappa shape index (κ2) is 13.3. The van der Waals surface area contributed by atoms with Crippen LogP contribution in [-0.2, 0) is 0 Å². The van der Waals surface area contributed by atoms with E-state index in [9.17, 15) is 0 Å². The molecule has 5 nitrogen and oxygen atoms in total. The minimum absolute atomic E-state index is 0.510. The number of aryl methyl sites for hydroxylation is 1. The van der Waals surface area contributed by atoms with Crippen molar-refractivity contribution in [2.24, 2.45) is 11.8 Å². The summed E-state index contributed by atoms with van der Waals surface area (Å²) in [6.07, 6.45) is 9.57. The van der Waals surface area contributed by atoms with Crippen molar-refractivity contribution in [2.45, 2.75) is 86.0 Å². The van der Waals surface area contributed by atoms with Crippen LogP contribution in [-0.4, -0.2) is 23.4 Å². The first-order valence-corrected chi connectivity index (χ1v) is 11.8. The Balaban J connectivity index is 2.15. The third kappa shape index (κ3) is 7.66. The number of ether oxygens (including phenoxy) is 2. The Morgan fingerprint density at radius 1 is 0.833 bits per heavy atom. The van der Waals surface area contributed by atoms with Crippen molar-refractivity contribution in [1.82, 2.24) is 10.2 Å². The molecule has 0 saturated carbocycles. The lowest BCUT2D eigenvalue weighted by molar-refractivity contribution is 0.199. The van der Waals surface area contributed by atoms with E-state index in [4.69, 9.17) is 13.9 Å². The molecule has 0 aliphatic rings. The van der Waals surface area contributed by atoms with Crippen LogP contribution in [0.4, 0.5) is 0 Å². The van der Waals surface area contributed by atoms with Gasteiger partial charge in [-0.05, 0) is 42.9 Å². The summed E-state index contributed by atoms with van der Waals surface area (Å²) in [6.45, 7) is 12.2. The van der Waals surface area contributed by atoms with Gasteiger partial charge in [0.25, 0.3) is 0 Å². The molecule has 1 aromatic heterocycles. The average Bonchev–Trinajstić information content (AvgIpc) is 3.20. The van der Waals surface area contributed by atoms with E-state index in [1.807, 2.05) is 18.2 Å². The van der Waals surface area contributed by atoms with Gasteiger partial charge >= 0.3 is 0 Å². The summed E-state index contributed by atoms with van der Waals surface area (Å²) >= 11 is 0. The van der Waals surface area contributed by atoms with Gasteiger partial charge in [0, 0.05) is 12.5 Å². The molecule has 30 heavy (non-hydrogen) atoms. The third-order valence-corrected chi connectivity index (χ3v) is 5.75. The van der Waals surface area contributed by atoms with Crippen LogP contribution in [0.2, 0.25) is 0 Å². The van der Waals surface area contributed by atoms with Crippen molar-refractivity contribution < 1.29 is 13.9 Å². The molecule has 0 spiro atoms. The number of unbranched alkanes of at least 4 members (excludes halogenated alkanes) is 2. The zero-order chi connectivity index (χ0) is 21.8. The lowest BCUT2D eigenvalue weighted by atomic mass is 10.0. The number of nitrogens with zero attached hydrogens (tertiary/aromatic N) is 2. The van der Waals surface area contributed by atoms with E-state index in [2.05, 4.69) is 37.9 Å². The Labute approximate surface area is 182 Å². The van der Waals surface area contributed by atoms with Crippen LogP contribution in [0.15, 0.2) is 22.6 Å². The van der Waals surface area contributed by atoms with Gasteiger partial charge in [0.2, 0.25) is 11.8 Å². The molecule has 0 saturated heterocycles. The van der Waals surface area contributed by atoms with Gasteiger partial charge in [0.1, 0.15) is 0 Å². The van der Waals surface area contributed by atoms with Gasteiger partial charge in [-0.15, -0.1) is 10.2 Å². The van der Waals surface area contributed by atoms with Crippen molar-refractivity contribution in [1.29, 1.82) is 0 Å². The fourth-order valence-electron chi connectivity index (χ4n) is 3.50. The van der Waals surface area contributed by atoms with E-state index in [-0.39, 0.29) is 0 Å². The fraction of sp³-hybridized carbons (Fsp3) is 0.680. The Kier molecular flexibility index (Phi) is 10.7. The Hall–Kier alpha value is -2.04. The number of aromatic nitrogens is 2. The topological polar surface area (TPSA) is 57.4 Å². The van der Waals surface area contributed by atoms with Gasteiger partial charge in [-0.1, -0.05) is 66.2 Å². The molecule has 0 bridgehead atoms. The summed E-state index contributed by atoms with van der Waals surface area (Å²) in [5, 5.41) is 8.09. The van der Waals surface area contributed by atoms with Crippen LogP contribution in [0, 0.1) is 18.8 Å². The molecule has 0 aliphatic heterocycles. The van der Waals surface area contributed by atoms with Gasteiger partial charge in [-0.25, -0.2) is 0 Å². The molecule has 168 valence electrons. The van der Waals surface area contributed by atoms with Crippen molar-refractivity contribution in [3.05, 3.63) is 24.1 Å². The Morgan fingerprint density at radius 3 is 1.93 bits per heavy atom. The second-order valence-corrected chi connectivity index (χ2v) is 8.24. The van der Waals surface area contributed by atoms with Gasteiger partial charge in [0.05, 0.1) is 13.2 Å². The first-order chi connectivity index (χ1) is 14.6. The standard InChI is InChI=1S/C25H40N2O3/c1-6-10-12-20(8-3)17-28-23-15-14-22(25-27-26-19(5)30-25)16-24(23)29-18-21(9-4)13-11-7-2/h14-16,20-21H,6-13,17-18H2,1-5H3. The zero-order valence-corrected chi connectivity index (χ0v) is 19.6. The quantitative estimate of drug-likeness (QED) is 0.306. The molecule has 2 atom stereocenters. The van der Waals surface area contributed by atoms with Crippen molar-refractivity contribution in [3.63, 3.8) is 0 Å². The molecule has 0 amide bonds. The second-order valence-electron chi connectivity index (χ2n) is 8.24. The molecule has 2 aromatic rings. The summed E-state index contributed by atoms with van der Waals surface area (Å²) in [4.78, 5) is 0. The van der Waals surface area contributed by atoms with E-state index in [0.29, 0.717) is 30.2 Å². The minimum atomic E-state index is 0.510. The Bertz CT molecular complexity index is 729. The van der Waals surface area contributed by atoms with Crippen molar-refractivity contribution >= 4 is 0 Å². The summed E-state index contributed by atoms with van der Waals surface area (Å²) in [5.41, 5.74) is 0.859. The van der Waals surface area contributed by atoms with Gasteiger partial charge in [-0.2, -0.15) is 0 Å². The maximum atomic E-state index is 6.29. The molecule has 2 rings (SSSR count). The molecule has 0 fully saturated rings. The summed E-state index contributed by atoms with van der Waals surface area (Å²) in [5.74, 6) is 3.76. The summed E-state index contributed by atoms with van der Waals surface area (Å²) in [7, 11) is 0. The molecule has 2 unspecified atom stereocenters. The maximum Gasteiger partial charge on any atom is 0.247 e. The molecular weight excluding hydrogens is 376 g/mol. The molecule has 0 radical (unpaired) electrons.